The van der Waals surface area contributed by atoms with E-state index in [-0.39, 0.29) is 28.2 Å². The molecule has 0 aliphatic carbocycles. The summed E-state index contributed by atoms with van der Waals surface area (Å²) in [5.41, 5.74) is 5.87. The smallest absolute Gasteiger partial charge is 0.264 e. The van der Waals surface area contributed by atoms with Crippen LogP contribution in [-0.2, 0) is 14.8 Å². The van der Waals surface area contributed by atoms with Gasteiger partial charge in [0.1, 0.15) is 5.82 Å². The Morgan fingerprint density at radius 1 is 1.10 bits per heavy atom. The molecule has 154 valence electrons. The van der Waals surface area contributed by atoms with Crippen LogP contribution in [0, 0.1) is 11.7 Å². The van der Waals surface area contributed by atoms with Crippen molar-refractivity contribution < 1.29 is 22.4 Å². The molecule has 0 radical (unpaired) electrons. The molecule has 1 aliphatic rings. The Morgan fingerprint density at radius 3 is 2.31 bits per heavy atom. The predicted octanol–water partition coefficient (Wildman–Crippen LogP) is 1.99. The first-order valence-electron chi connectivity index (χ1n) is 9.13. The molecule has 2 amide bonds. The molecule has 29 heavy (non-hydrogen) atoms. The molecule has 7 nitrogen and oxygen atoms in total. The van der Waals surface area contributed by atoms with Crippen molar-refractivity contribution in [3.8, 4) is 0 Å². The third-order valence-corrected chi connectivity index (χ3v) is 6.90. The molecule has 3 rings (SSSR count). The lowest BCUT2D eigenvalue weighted by Gasteiger charge is -2.30. The zero-order valence-electron chi connectivity index (χ0n) is 15.9. The number of benzene rings is 2. The zero-order chi connectivity index (χ0) is 21.2. The molecule has 9 heteroatoms. The molecule has 0 atom stereocenters. The summed E-state index contributed by atoms with van der Waals surface area (Å²) in [6.07, 6.45) is 0.985. The van der Waals surface area contributed by atoms with Gasteiger partial charge in [-0.05, 0) is 55.3 Å². The van der Waals surface area contributed by atoms with Crippen molar-refractivity contribution in [3.63, 3.8) is 0 Å². The van der Waals surface area contributed by atoms with Crippen LogP contribution in [0.25, 0.3) is 0 Å². The van der Waals surface area contributed by atoms with Crippen LogP contribution in [0.4, 0.5) is 10.1 Å². The third kappa shape index (κ3) is 4.40. The Kier molecular flexibility index (Phi) is 5.88. The molecule has 2 N–H and O–H groups in total. The number of carbonyl (C=O) groups excluding carboxylic acids is 2. The van der Waals surface area contributed by atoms with Gasteiger partial charge in [-0.25, -0.2) is 12.8 Å². The van der Waals surface area contributed by atoms with Gasteiger partial charge in [-0.1, -0.05) is 6.07 Å². The van der Waals surface area contributed by atoms with Crippen LogP contribution in [0.3, 0.4) is 0 Å². The highest BCUT2D eigenvalue weighted by molar-refractivity contribution is 7.92. The number of nitrogens with zero attached hydrogens (tertiary/aromatic N) is 2. The van der Waals surface area contributed by atoms with Crippen molar-refractivity contribution in [3.05, 3.63) is 59.9 Å². The fraction of sp³-hybridized carbons (Fsp3) is 0.300. The van der Waals surface area contributed by atoms with Crippen LogP contribution >= 0.6 is 0 Å². The summed E-state index contributed by atoms with van der Waals surface area (Å²) in [6, 6.07) is 10.9. The van der Waals surface area contributed by atoms with Crippen molar-refractivity contribution in [1.29, 1.82) is 0 Å². The second-order valence-electron chi connectivity index (χ2n) is 6.95. The van der Waals surface area contributed by atoms with Gasteiger partial charge in [-0.15, -0.1) is 0 Å². The number of hydrogen-bond donors (Lipinski definition) is 1. The van der Waals surface area contributed by atoms with Crippen LogP contribution in [-0.4, -0.2) is 45.3 Å². The highest BCUT2D eigenvalue weighted by Crippen LogP contribution is 2.24. The van der Waals surface area contributed by atoms with Crippen LogP contribution in [0.5, 0.6) is 0 Å². The van der Waals surface area contributed by atoms with E-state index in [2.05, 4.69) is 0 Å². The lowest BCUT2D eigenvalue weighted by Crippen LogP contribution is -2.41. The quantitative estimate of drug-likeness (QED) is 0.801. The number of amides is 2. The number of rotatable bonds is 5. The maximum Gasteiger partial charge on any atom is 0.264 e. The molecule has 2 aromatic rings. The predicted molar refractivity (Wildman–Crippen MR) is 106 cm³/mol. The molecule has 1 saturated heterocycles. The van der Waals surface area contributed by atoms with Gasteiger partial charge in [-0.2, -0.15) is 0 Å². The molecule has 1 aliphatic heterocycles. The normalized spacial score (nSPS) is 15.2. The summed E-state index contributed by atoms with van der Waals surface area (Å²) in [5.74, 6) is -1.37. The summed E-state index contributed by atoms with van der Waals surface area (Å²) in [7, 11) is -2.57. The van der Waals surface area contributed by atoms with Gasteiger partial charge in [0, 0.05) is 31.6 Å². The molecule has 1 heterocycles. The number of anilines is 1. The SMILES string of the molecule is CN(c1ccc(F)cc1)S(=O)(=O)c1cccc(C(=O)N2CCC(C(N)=O)CC2)c1. The largest absolute Gasteiger partial charge is 0.369 e. The topological polar surface area (TPSA) is 101 Å². The second-order valence-corrected chi connectivity index (χ2v) is 8.91. The standard InChI is InChI=1S/C20H22FN3O4S/c1-23(17-7-5-16(21)6-8-17)29(27,28)18-4-2-3-15(13-18)20(26)24-11-9-14(10-12-24)19(22)25/h2-8,13-14H,9-12H2,1H3,(H2,22,25). The van der Waals surface area contributed by atoms with Gasteiger partial charge in [0.05, 0.1) is 10.6 Å². The number of sulfonamides is 1. The first-order chi connectivity index (χ1) is 13.7. The second kappa shape index (κ2) is 8.20. The Labute approximate surface area is 169 Å². The third-order valence-electron chi connectivity index (χ3n) is 5.11. The summed E-state index contributed by atoms with van der Waals surface area (Å²) in [4.78, 5) is 25.6. The highest BCUT2D eigenvalue weighted by atomic mass is 32.2. The van der Waals surface area contributed by atoms with E-state index in [1.54, 1.807) is 11.0 Å². The van der Waals surface area contributed by atoms with Gasteiger partial charge in [0.15, 0.2) is 0 Å². The monoisotopic (exact) mass is 419 g/mol. The fourth-order valence-electron chi connectivity index (χ4n) is 3.29. The van der Waals surface area contributed by atoms with Gasteiger partial charge in [0.2, 0.25) is 5.91 Å². The molecule has 0 saturated carbocycles. The van der Waals surface area contributed by atoms with Crippen LogP contribution in [0.2, 0.25) is 0 Å². The summed E-state index contributed by atoms with van der Waals surface area (Å²) in [6.45, 7) is 0.776. The van der Waals surface area contributed by atoms with Gasteiger partial charge >= 0.3 is 0 Å². The minimum Gasteiger partial charge on any atom is -0.369 e. The minimum atomic E-state index is -3.93. The Bertz CT molecular complexity index is 1020. The Hall–Kier alpha value is -2.94. The summed E-state index contributed by atoms with van der Waals surface area (Å²) < 4.78 is 40.0. The Balaban J connectivity index is 1.80. The highest BCUT2D eigenvalue weighted by Gasteiger charge is 2.28. The first kappa shape index (κ1) is 20.8. The van der Waals surface area contributed by atoms with E-state index in [1.165, 1.54) is 49.5 Å². The first-order valence-corrected chi connectivity index (χ1v) is 10.6. The number of piperidine rings is 1. The number of carbonyl (C=O) groups is 2. The van der Waals surface area contributed by atoms with Gasteiger partial charge < -0.3 is 10.6 Å². The van der Waals surface area contributed by atoms with E-state index in [9.17, 15) is 22.4 Å². The van der Waals surface area contributed by atoms with Crippen molar-refractivity contribution >= 4 is 27.5 Å². The molecular formula is C20H22FN3O4S. The number of halogens is 1. The molecule has 0 bridgehead atoms. The van der Waals surface area contributed by atoms with E-state index >= 15 is 0 Å². The van der Waals surface area contributed by atoms with E-state index in [4.69, 9.17) is 5.73 Å². The number of likely N-dealkylation sites (tertiary alicyclic amines) is 1. The van der Waals surface area contributed by atoms with Crippen molar-refractivity contribution in [2.75, 3.05) is 24.4 Å². The zero-order valence-corrected chi connectivity index (χ0v) is 16.7. The van der Waals surface area contributed by atoms with Gasteiger partial charge in [0.25, 0.3) is 15.9 Å². The lowest BCUT2D eigenvalue weighted by molar-refractivity contribution is -0.123. The minimum absolute atomic E-state index is 0.0396. The molecule has 1 fully saturated rings. The Morgan fingerprint density at radius 2 is 1.72 bits per heavy atom. The summed E-state index contributed by atoms with van der Waals surface area (Å²) >= 11 is 0. The number of nitrogens with two attached hydrogens (primary N) is 1. The number of hydrogen-bond acceptors (Lipinski definition) is 4. The molecular weight excluding hydrogens is 397 g/mol. The molecule has 0 aromatic heterocycles. The van der Waals surface area contributed by atoms with E-state index in [1.807, 2.05) is 0 Å². The summed E-state index contributed by atoms with van der Waals surface area (Å²) in [5, 5.41) is 0. The van der Waals surface area contributed by atoms with Crippen molar-refractivity contribution in [2.45, 2.75) is 17.7 Å². The molecule has 0 unspecified atom stereocenters. The average Bonchev–Trinajstić information content (AvgIpc) is 2.73. The maximum absolute atomic E-state index is 13.1. The fourth-order valence-corrected chi connectivity index (χ4v) is 4.53. The molecule has 2 aromatic carbocycles. The average molecular weight is 419 g/mol. The number of primary amides is 1. The van der Waals surface area contributed by atoms with Crippen LogP contribution in [0.15, 0.2) is 53.4 Å². The molecule has 0 spiro atoms. The van der Waals surface area contributed by atoms with Crippen LogP contribution in [0.1, 0.15) is 23.2 Å². The van der Waals surface area contributed by atoms with Gasteiger partial charge in [-0.3, -0.25) is 13.9 Å². The van der Waals surface area contributed by atoms with Crippen molar-refractivity contribution in [1.82, 2.24) is 4.90 Å². The maximum atomic E-state index is 13.1. The van der Waals surface area contributed by atoms with Crippen molar-refractivity contribution in [2.24, 2.45) is 11.7 Å². The van der Waals surface area contributed by atoms with E-state index < -0.39 is 15.8 Å². The van der Waals surface area contributed by atoms with E-state index in [0.717, 1.165) is 4.31 Å². The van der Waals surface area contributed by atoms with Crippen LogP contribution < -0.4 is 10.0 Å². The lowest BCUT2D eigenvalue weighted by atomic mass is 9.96. The van der Waals surface area contributed by atoms with E-state index in [0.29, 0.717) is 31.6 Å².